The van der Waals surface area contributed by atoms with Crippen LogP contribution in [-0.4, -0.2) is 20.3 Å². The zero-order valence-corrected chi connectivity index (χ0v) is 16.4. The van der Waals surface area contributed by atoms with Gasteiger partial charge in [0.15, 0.2) is 0 Å². The number of benzene rings is 1. The van der Waals surface area contributed by atoms with Crippen molar-refractivity contribution in [2.75, 3.05) is 0 Å². The van der Waals surface area contributed by atoms with Crippen LogP contribution in [0.1, 0.15) is 70.4 Å². The Bertz CT molecular complexity index is 797. The maximum Gasteiger partial charge on any atom is 0.264 e. The first-order valence-electron chi connectivity index (χ1n) is 9.20. The summed E-state index contributed by atoms with van der Waals surface area (Å²) in [6.45, 7) is 8.38. The minimum Gasteiger partial charge on any atom is -0.264 e. The molecule has 2 aliphatic rings. The van der Waals surface area contributed by atoms with E-state index in [-0.39, 0.29) is 6.04 Å². The SMILES string of the molecule is CC1=C(c2ccc(C(C)C)cc2)S(=O)(=O)NC1=NC1CCC(C)CC1. The van der Waals surface area contributed by atoms with E-state index in [9.17, 15) is 8.42 Å². The van der Waals surface area contributed by atoms with E-state index >= 15 is 0 Å². The summed E-state index contributed by atoms with van der Waals surface area (Å²) in [7, 11) is -3.53. The molecule has 1 aliphatic carbocycles. The minimum atomic E-state index is -3.53. The molecule has 0 radical (unpaired) electrons. The first-order chi connectivity index (χ1) is 11.8. The highest BCUT2D eigenvalue weighted by atomic mass is 32.2. The summed E-state index contributed by atoms with van der Waals surface area (Å²) < 4.78 is 28.0. The number of nitrogens with one attached hydrogen (secondary N) is 1. The molecule has 1 saturated carbocycles. The molecule has 1 heterocycles. The molecule has 4 nitrogen and oxygen atoms in total. The molecule has 3 rings (SSSR count). The smallest absolute Gasteiger partial charge is 0.264 e. The second-order valence-corrected chi connectivity index (χ2v) is 9.35. The third kappa shape index (κ3) is 3.81. The predicted molar refractivity (Wildman–Crippen MR) is 104 cm³/mol. The van der Waals surface area contributed by atoms with Crippen LogP contribution in [0, 0.1) is 5.92 Å². The Labute approximate surface area is 151 Å². The summed E-state index contributed by atoms with van der Waals surface area (Å²) >= 11 is 0. The van der Waals surface area contributed by atoms with Crippen molar-refractivity contribution in [3.63, 3.8) is 0 Å². The Kier molecular flexibility index (Phi) is 5.05. The van der Waals surface area contributed by atoms with Crippen LogP contribution >= 0.6 is 0 Å². The van der Waals surface area contributed by atoms with Crippen molar-refractivity contribution in [3.05, 3.63) is 41.0 Å². The fourth-order valence-corrected chi connectivity index (χ4v) is 5.14. The van der Waals surface area contributed by atoms with Crippen molar-refractivity contribution < 1.29 is 8.42 Å². The highest BCUT2D eigenvalue weighted by Gasteiger charge is 2.33. The molecule has 1 aromatic carbocycles. The van der Waals surface area contributed by atoms with Crippen LogP contribution in [-0.2, 0) is 10.0 Å². The van der Waals surface area contributed by atoms with Crippen molar-refractivity contribution in [2.24, 2.45) is 10.9 Å². The molecule has 0 saturated heterocycles. The largest absolute Gasteiger partial charge is 0.264 e. The average Bonchev–Trinajstić information content (AvgIpc) is 2.78. The number of rotatable bonds is 3. The van der Waals surface area contributed by atoms with Gasteiger partial charge in [-0.05, 0) is 55.6 Å². The van der Waals surface area contributed by atoms with Gasteiger partial charge in [-0.15, -0.1) is 0 Å². The highest BCUT2D eigenvalue weighted by molar-refractivity contribution is 8.00. The molecule has 1 fully saturated rings. The number of nitrogens with zero attached hydrogens (tertiary/aromatic N) is 1. The Morgan fingerprint density at radius 2 is 1.68 bits per heavy atom. The highest BCUT2D eigenvalue weighted by Crippen LogP contribution is 2.32. The number of amidine groups is 1. The molecule has 5 heteroatoms. The average molecular weight is 361 g/mol. The Balaban J connectivity index is 1.92. The van der Waals surface area contributed by atoms with E-state index in [2.05, 4.69) is 25.5 Å². The standard InChI is InChI=1S/C20H28N2O2S/c1-13(2)16-7-9-17(10-8-16)19-15(4)20(22-25(19,23)24)21-18-11-5-14(3)6-12-18/h7-10,13-14,18H,5-6,11-12H2,1-4H3,(H,21,22). The molecule has 136 valence electrons. The quantitative estimate of drug-likeness (QED) is 0.865. The lowest BCUT2D eigenvalue weighted by atomic mass is 9.88. The van der Waals surface area contributed by atoms with Gasteiger partial charge in [-0.25, -0.2) is 8.42 Å². The molecule has 1 aromatic rings. The fraction of sp³-hybridized carbons (Fsp3) is 0.550. The van der Waals surface area contributed by atoms with Gasteiger partial charge in [0.05, 0.1) is 6.04 Å². The van der Waals surface area contributed by atoms with E-state index in [0.29, 0.717) is 16.7 Å². The van der Waals surface area contributed by atoms with Gasteiger partial charge in [0.1, 0.15) is 10.7 Å². The van der Waals surface area contributed by atoms with Crippen LogP contribution in [0.2, 0.25) is 0 Å². The van der Waals surface area contributed by atoms with Crippen molar-refractivity contribution in [1.82, 2.24) is 4.72 Å². The van der Waals surface area contributed by atoms with Crippen LogP contribution in [0.3, 0.4) is 0 Å². The molecule has 1 aliphatic heterocycles. The molecule has 0 spiro atoms. The van der Waals surface area contributed by atoms with Crippen LogP contribution in [0.15, 0.2) is 34.8 Å². The van der Waals surface area contributed by atoms with Crippen LogP contribution in [0.5, 0.6) is 0 Å². The summed E-state index contributed by atoms with van der Waals surface area (Å²) in [5.74, 6) is 1.71. The minimum absolute atomic E-state index is 0.228. The first kappa shape index (κ1) is 18.2. The van der Waals surface area contributed by atoms with E-state index < -0.39 is 10.0 Å². The van der Waals surface area contributed by atoms with Crippen molar-refractivity contribution >= 4 is 20.8 Å². The van der Waals surface area contributed by atoms with E-state index in [1.165, 1.54) is 18.4 Å². The fourth-order valence-electron chi connectivity index (χ4n) is 3.63. The Hall–Kier alpha value is -1.62. The predicted octanol–water partition coefficient (Wildman–Crippen LogP) is 4.45. The van der Waals surface area contributed by atoms with Crippen molar-refractivity contribution in [2.45, 2.75) is 65.3 Å². The van der Waals surface area contributed by atoms with Crippen molar-refractivity contribution in [1.29, 1.82) is 0 Å². The third-order valence-electron chi connectivity index (χ3n) is 5.33. The lowest BCUT2D eigenvalue weighted by Gasteiger charge is -2.23. The molecule has 25 heavy (non-hydrogen) atoms. The topological polar surface area (TPSA) is 58.5 Å². The molecule has 0 aromatic heterocycles. The van der Waals surface area contributed by atoms with Crippen LogP contribution < -0.4 is 4.72 Å². The van der Waals surface area contributed by atoms with Gasteiger partial charge in [-0.2, -0.15) is 0 Å². The van der Waals surface area contributed by atoms with Gasteiger partial charge in [-0.1, -0.05) is 45.0 Å². The first-order valence-corrected chi connectivity index (χ1v) is 10.7. The molecule has 0 unspecified atom stereocenters. The van der Waals surface area contributed by atoms with Crippen LogP contribution in [0.4, 0.5) is 0 Å². The summed E-state index contributed by atoms with van der Waals surface area (Å²) in [6.07, 6.45) is 4.41. The maximum absolute atomic E-state index is 12.6. The van der Waals surface area contributed by atoms with E-state index in [1.54, 1.807) is 0 Å². The van der Waals surface area contributed by atoms with Gasteiger partial charge in [0.2, 0.25) is 0 Å². The van der Waals surface area contributed by atoms with Gasteiger partial charge < -0.3 is 0 Å². The monoisotopic (exact) mass is 360 g/mol. The summed E-state index contributed by atoms with van der Waals surface area (Å²) in [6, 6.07) is 8.05. The third-order valence-corrected chi connectivity index (χ3v) is 6.87. The van der Waals surface area contributed by atoms with Gasteiger partial charge in [0, 0.05) is 5.57 Å². The lowest BCUT2D eigenvalue weighted by molar-refractivity contribution is 0.349. The van der Waals surface area contributed by atoms with Gasteiger partial charge >= 0.3 is 0 Å². The molecular weight excluding hydrogens is 332 g/mol. The maximum atomic E-state index is 12.6. The molecular formula is C20H28N2O2S. The molecule has 0 amide bonds. The summed E-state index contributed by atoms with van der Waals surface area (Å²) in [5.41, 5.74) is 2.67. The van der Waals surface area contributed by atoms with Gasteiger partial charge in [-0.3, -0.25) is 9.71 Å². The second-order valence-electron chi connectivity index (χ2n) is 7.73. The van der Waals surface area contributed by atoms with E-state index in [0.717, 1.165) is 29.9 Å². The molecule has 0 atom stereocenters. The van der Waals surface area contributed by atoms with Crippen molar-refractivity contribution in [3.8, 4) is 0 Å². The summed E-state index contributed by atoms with van der Waals surface area (Å²) in [5, 5.41) is 0. The number of sulfonamides is 1. The number of hydrogen-bond donors (Lipinski definition) is 1. The molecule has 1 N–H and O–H groups in total. The number of aliphatic imine (C=N–C) groups is 1. The zero-order chi connectivity index (χ0) is 18.2. The Morgan fingerprint density at radius 1 is 1.08 bits per heavy atom. The normalized spacial score (nSPS) is 27.8. The zero-order valence-electron chi connectivity index (χ0n) is 15.5. The number of hydrogen-bond acceptors (Lipinski definition) is 3. The van der Waals surface area contributed by atoms with E-state index in [1.807, 2.05) is 31.2 Å². The van der Waals surface area contributed by atoms with Crippen LogP contribution in [0.25, 0.3) is 4.91 Å². The second kappa shape index (κ2) is 6.94. The lowest BCUT2D eigenvalue weighted by Crippen LogP contribution is -2.26. The molecule has 0 bridgehead atoms. The van der Waals surface area contributed by atoms with Gasteiger partial charge in [0.25, 0.3) is 10.0 Å². The van der Waals surface area contributed by atoms with E-state index in [4.69, 9.17) is 4.99 Å². The summed E-state index contributed by atoms with van der Waals surface area (Å²) in [4.78, 5) is 5.10. The Morgan fingerprint density at radius 3 is 2.24 bits per heavy atom.